The quantitative estimate of drug-likeness (QED) is 0.894. The minimum Gasteiger partial charge on any atom is -0.337 e. The van der Waals surface area contributed by atoms with Crippen LogP contribution in [0.4, 0.5) is 16.2 Å². The lowest BCUT2D eigenvalue weighted by Gasteiger charge is -2.36. The van der Waals surface area contributed by atoms with Gasteiger partial charge < -0.3 is 15.1 Å². The normalized spacial score (nSPS) is 19.4. The number of nitrogens with zero attached hydrogens (tertiary/aromatic N) is 3. The molecule has 0 radical (unpaired) electrons. The molecule has 28 heavy (non-hydrogen) atoms. The van der Waals surface area contributed by atoms with E-state index in [9.17, 15) is 9.59 Å². The highest BCUT2D eigenvalue weighted by Gasteiger charge is 2.30. The summed E-state index contributed by atoms with van der Waals surface area (Å²) in [5.74, 6) is 0.465. The number of fused-ring (bicyclic) bond motifs is 1. The lowest BCUT2D eigenvalue weighted by Crippen LogP contribution is -2.50. The zero-order valence-corrected chi connectivity index (χ0v) is 16.2. The van der Waals surface area contributed by atoms with Crippen LogP contribution < -0.4 is 15.1 Å². The maximum Gasteiger partial charge on any atom is 0.322 e. The maximum atomic E-state index is 13.0. The first kappa shape index (κ1) is 18.5. The highest BCUT2D eigenvalue weighted by atomic mass is 16.2. The molecule has 0 bridgehead atoms. The van der Waals surface area contributed by atoms with Crippen molar-refractivity contribution in [2.45, 2.75) is 6.42 Å². The van der Waals surface area contributed by atoms with Gasteiger partial charge in [-0.3, -0.25) is 9.69 Å². The fourth-order valence-corrected chi connectivity index (χ4v) is 4.04. The third-order valence-corrected chi connectivity index (χ3v) is 5.55. The second-order valence-corrected chi connectivity index (χ2v) is 7.57. The summed E-state index contributed by atoms with van der Waals surface area (Å²) < 4.78 is 0. The van der Waals surface area contributed by atoms with Gasteiger partial charge in [0, 0.05) is 31.7 Å². The number of nitrogens with one attached hydrogen (secondary N) is 1. The Morgan fingerprint density at radius 3 is 2.25 bits per heavy atom. The van der Waals surface area contributed by atoms with E-state index >= 15 is 0 Å². The number of hydrogen-bond donors (Lipinski definition) is 1. The highest BCUT2D eigenvalue weighted by molar-refractivity contribution is 6.10. The minimum absolute atomic E-state index is 0.0397. The Kier molecular flexibility index (Phi) is 5.30. The van der Waals surface area contributed by atoms with Crippen molar-refractivity contribution in [1.82, 2.24) is 10.2 Å². The molecular formula is C22H26N4O2. The summed E-state index contributed by atoms with van der Waals surface area (Å²) in [6, 6.07) is 16.8. The van der Waals surface area contributed by atoms with Crippen molar-refractivity contribution < 1.29 is 9.59 Å². The number of carbonyl (C=O) groups is 2. The van der Waals surface area contributed by atoms with Gasteiger partial charge in [-0.25, -0.2) is 4.79 Å². The van der Waals surface area contributed by atoms with Gasteiger partial charge in [0.05, 0.1) is 11.4 Å². The van der Waals surface area contributed by atoms with E-state index in [-0.39, 0.29) is 11.9 Å². The molecule has 1 unspecified atom stereocenters. The number of rotatable bonds is 3. The molecule has 4 rings (SSSR count). The summed E-state index contributed by atoms with van der Waals surface area (Å²) in [7, 11) is 2.11. The first-order valence-corrected chi connectivity index (χ1v) is 9.83. The number of benzene rings is 2. The van der Waals surface area contributed by atoms with Gasteiger partial charge in [0.25, 0.3) is 5.91 Å². The molecule has 2 aromatic carbocycles. The maximum absolute atomic E-state index is 13.0. The standard InChI is InChI=1S/C22H26N4O2/c1-24-12-11-17(16-24)15-23-22(28)26-14-13-25(19-9-5-6-10-20(19)26)21(27)18-7-3-2-4-8-18/h2-10,17H,11-16H2,1H3,(H,23,28). The molecule has 146 valence electrons. The molecule has 6 nitrogen and oxygen atoms in total. The smallest absolute Gasteiger partial charge is 0.322 e. The van der Waals surface area contributed by atoms with Crippen LogP contribution in [0.15, 0.2) is 54.6 Å². The summed E-state index contributed by atoms with van der Waals surface area (Å²) in [6.07, 6.45) is 1.12. The van der Waals surface area contributed by atoms with E-state index in [1.807, 2.05) is 54.6 Å². The molecule has 0 spiro atoms. The first-order valence-electron chi connectivity index (χ1n) is 9.83. The van der Waals surface area contributed by atoms with Crippen molar-refractivity contribution in [3.63, 3.8) is 0 Å². The zero-order valence-electron chi connectivity index (χ0n) is 16.2. The number of urea groups is 1. The second-order valence-electron chi connectivity index (χ2n) is 7.57. The van der Waals surface area contributed by atoms with E-state index in [0.717, 1.165) is 30.9 Å². The molecule has 2 aromatic rings. The predicted octanol–water partition coefficient (Wildman–Crippen LogP) is 2.81. The van der Waals surface area contributed by atoms with Crippen molar-refractivity contribution in [1.29, 1.82) is 0 Å². The molecule has 6 heteroatoms. The van der Waals surface area contributed by atoms with Gasteiger partial charge in [0.15, 0.2) is 0 Å². The Morgan fingerprint density at radius 2 is 1.57 bits per heavy atom. The second kappa shape index (κ2) is 8.02. The topological polar surface area (TPSA) is 55.9 Å². The molecule has 0 saturated carbocycles. The van der Waals surface area contributed by atoms with Gasteiger partial charge in [-0.15, -0.1) is 0 Å². The Balaban J connectivity index is 1.49. The predicted molar refractivity (Wildman–Crippen MR) is 111 cm³/mol. The van der Waals surface area contributed by atoms with Gasteiger partial charge in [-0.1, -0.05) is 30.3 Å². The summed E-state index contributed by atoms with van der Waals surface area (Å²) >= 11 is 0. The van der Waals surface area contributed by atoms with Crippen molar-refractivity contribution in [2.75, 3.05) is 49.6 Å². The number of anilines is 2. The van der Waals surface area contributed by atoms with Gasteiger partial charge in [-0.2, -0.15) is 0 Å². The monoisotopic (exact) mass is 378 g/mol. The van der Waals surface area contributed by atoms with E-state index in [4.69, 9.17) is 0 Å². The Bertz CT molecular complexity index is 855. The molecule has 0 aliphatic carbocycles. The average molecular weight is 378 g/mol. The summed E-state index contributed by atoms with van der Waals surface area (Å²) in [4.78, 5) is 31.6. The summed E-state index contributed by atoms with van der Waals surface area (Å²) in [5.41, 5.74) is 2.21. The average Bonchev–Trinajstić information content (AvgIpc) is 3.16. The Labute approximate surface area is 165 Å². The summed E-state index contributed by atoms with van der Waals surface area (Å²) in [5, 5.41) is 3.09. The van der Waals surface area contributed by atoms with Crippen molar-refractivity contribution >= 4 is 23.3 Å². The molecule has 3 amide bonds. The fourth-order valence-electron chi connectivity index (χ4n) is 4.04. The van der Waals surface area contributed by atoms with Gasteiger partial charge in [0.2, 0.25) is 0 Å². The van der Waals surface area contributed by atoms with Gasteiger partial charge in [-0.05, 0) is 50.2 Å². The lowest BCUT2D eigenvalue weighted by atomic mass is 10.1. The Hall–Kier alpha value is -2.86. The van der Waals surface area contributed by atoms with Crippen molar-refractivity contribution in [3.8, 4) is 0 Å². The van der Waals surface area contributed by atoms with Crippen LogP contribution in [0.1, 0.15) is 16.8 Å². The van der Waals surface area contributed by atoms with Crippen LogP contribution in [0.3, 0.4) is 0 Å². The Morgan fingerprint density at radius 1 is 0.929 bits per heavy atom. The molecule has 1 saturated heterocycles. The number of para-hydroxylation sites is 2. The number of likely N-dealkylation sites (tertiary alicyclic amines) is 1. The van der Waals surface area contributed by atoms with E-state index < -0.39 is 0 Å². The van der Waals surface area contributed by atoms with Crippen LogP contribution in [0, 0.1) is 5.92 Å². The largest absolute Gasteiger partial charge is 0.337 e. The van der Waals surface area contributed by atoms with Gasteiger partial charge in [0.1, 0.15) is 0 Å². The fraction of sp³-hybridized carbons (Fsp3) is 0.364. The molecule has 1 N–H and O–H groups in total. The molecular weight excluding hydrogens is 352 g/mol. The number of amides is 3. The van der Waals surface area contributed by atoms with Crippen LogP contribution >= 0.6 is 0 Å². The van der Waals surface area contributed by atoms with Crippen molar-refractivity contribution in [3.05, 3.63) is 60.2 Å². The van der Waals surface area contributed by atoms with E-state index in [0.29, 0.717) is 31.1 Å². The lowest BCUT2D eigenvalue weighted by molar-refractivity contribution is 0.0986. The number of hydrogen-bond acceptors (Lipinski definition) is 3. The SMILES string of the molecule is CN1CCC(CNC(=O)N2CCN(C(=O)c3ccccc3)c3ccccc32)C1. The molecule has 1 fully saturated rings. The van der Waals surface area contributed by atoms with Crippen LogP contribution in [-0.2, 0) is 0 Å². The molecule has 1 atom stereocenters. The molecule has 0 aromatic heterocycles. The van der Waals surface area contributed by atoms with Crippen molar-refractivity contribution in [2.24, 2.45) is 5.92 Å². The number of carbonyl (C=O) groups excluding carboxylic acids is 2. The molecule has 2 aliphatic heterocycles. The van der Waals surface area contributed by atoms with E-state index in [2.05, 4.69) is 17.3 Å². The van der Waals surface area contributed by atoms with E-state index in [1.54, 1.807) is 9.80 Å². The third kappa shape index (κ3) is 3.73. The highest BCUT2D eigenvalue weighted by Crippen LogP contribution is 2.33. The van der Waals surface area contributed by atoms with Crippen LogP contribution in [0.25, 0.3) is 0 Å². The zero-order chi connectivity index (χ0) is 19.5. The van der Waals surface area contributed by atoms with Crippen LogP contribution in [-0.4, -0.2) is 56.6 Å². The summed E-state index contributed by atoms with van der Waals surface area (Å²) in [6.45, 7) is 3.75. The first-order chi connectivity index (χ1) is 13.6. The third-order valence-electron chi connectivity index (χ3n) is 5.55. The minimum atomic E-state index is -0.0891. The molecule has 2 heterocycles. The van der Waals surface area contributed by atoms with Crippen LogP contribution in [0.2, 0.25) is 0 Å². The van der Waals surface area contributed by atoms with Gasteiger partial charge >= 0.3 is 6.03 Å². The van der Waals surface area contributed by atoms with Crippen LogP contribution in [0.5, 0.6) is 0 Å². The molecule has 2 aliphatic rings. The van der Waals surface area contributed by atoms with E-state index in [1.165, 1.54) is 0 Å².